The van der Waals surface area contributed by atoms with Crippen LogP contribution in [0, 0.1) is 23.7 Å². The SMILES string of the molecule is CC(C)(N)[C@@H](C(=O)NO)c1cc(C#CC#CCC(O)CO)ccc1C(N)=O. The number of hydrogen-bond acceptors (Lipinski definition) is 6. The molecule has 27 heavy (non-hydrogen) atoms. The highest BCUT2D eigenvalue weighted by Gasteiger charge is 2.35. The van der Waals surface area contributed by atoms with Crippen molar-refractivity contribution in [2.45, 2.75) is 37.8 Å². The zero-order valence-electron chi connectivity index (χ0n) is 15.1. The highest BCUT2D eigenvalue weighted by atomic mass is 16.5. The lowest BCUT2D eigenvalue weighted by Crippen LogP contribution is -2.47. The number of hydrogen-bond donors (Lipinski definition) is 6. The molecule has 2 amide bonds. The number of benzene rings is 1. The summed E-state index contributed by atoms with van der Waals surface area (Å²) >= 11 is 0. The molecule has 2 atom stereocenters. The van der Waals surface area contributed by atoms with Gasteiger partial charge >= 0.3 is 0 Å². The van der Waals surface area contributed by atoms with E-state index < -0.39 is 29.4 Å². The Labute approximate surface area is 157 Å². The fraction of sp³-hybridized carbons (Fsp3) is 0.368. The minimum atomic E-state index is -1.11. The second-order valence-corrected chi connectivity index (χ2v) is 6.49. The molecule has 8 heteroatoms. The van der Waals surface area contributed by atoms with Crippen molar-refractivity contribution in [2.24, 2.45) is 11.5 Å². The van der Waals surface area contributed by atoms with Gasteiger partial charge in [-0.1, -0.05) is 11.8 Å². The summed E-state index contributed by atoms with van der Waals surface area (Å²) in [6.45, 7) is 2.77. The van der Waals surface area contributed by atoms with Gasteiger partial charge in [0.15, 0.2) is 0 Å². The van der Waals surface area contributed by atoms with E-state index in [2.05, 4.69) is 23.7 Å². The lowest BCUT2D eigenvalue weighted by Gasteiger charge is -2.30. The lowest BCUT2D eigenvalue weighted by atomic mass is 9.79. The predicted octanol–water partition coefficient (Wildman–Crippen LogP) is -0.790. The smallest absolute Gasteiger partial charge is 0.252 e. The number of carbonyl (C=O) groups excluding carboxylic acids is 2. The summed E-state index contributed by atoms with van der Waals surface area (Å²) in [5.74, 6) is 7.87. The molecular formula is C19H23N3O5. The Bertz CT molecular complexity index is 822. The van der Waals surface area contributed by atoms with E-state index >= 15 is 0 Å². The molecule has 0 heterocycles. The van der Waals surface area contributed by atoms with Crippen molar-refractivity contribution in [3.8, 4) is 23.7 Å². The molecule has 8 nitrogen and oxygen atoms in total. The molecule has 0 aliphatic carbocycles. The number of aliphatic hydroxyl groups is 2. The van der Waals surface area contributed by atoms with Crippen LogP contribution in [-0.2, 0) is 4.79 Å². The second-order valence-electron chi connectivity index (χ2n) is 6.49. The highest BCUT2D eigenvalue weighted by molar-refractivity contribution is 5.97. The van der Waals surface area contributed by atoms with Crippen molar-refractivity contribution in [3.05, 3.63) is 34.9 Å². The summed E-state index contributed by atoms with van der Waals surface area (Å²) < 4.78 is 0. The number of hydroxylamine groups is 1. The zero-order valence-corrected chi connectivity index (χ0v) is 15.1. The number of nitrogens with one attached hydrogen (secondary N) is 1. The van der Waals surface area contributed by atoms with Gasteiger partial charge in [-0.2, -0.15) is 0 Å². The van der Waals surface area contributed by atoms with Gasteiger partial charge in [0.25, 0.3) is 5.91 Å². The van der Waals surface area contributed by atoms with Crippen LogP contribution in [0.1, 0.15) is 47.7 Å². The molecule has 0 aliphatic rings. The number of aliphatic hydroxyl groups excluding tert-OH is 2. The van der Waals surface area contributed by atoms with Crippen molar-refractivity contribution in [3.63, 3.8) is 0 Å². The van der Waals surface area contributed by atoms with Crippen LogP contribution in [-0.4, -0.2) is 45.5 Å². The molecule has 0 saturated carbocycles. The number of rotatable bonds is 6. The maximum absolute atomic E-state index is 12.1. The van der Waals surface area contributed by atoms with Crippen LogP contribution >= 0.6 is 0 Å². The van der Waals surface area contributed by atoms with Crippen molar-refractivity contribution in [2.75, 3.05) is 6.61 Å². The Morgan fingerprint density at radius 3 is 2.48 bits per heavy atom. The molecule has 1 aromatic carbocycles. The minimum Gasteiger partial charge on any atom is -0.394 e. The van der Waals surface area contributed by atoms with Crippen molar-refractivity contribution in [1.82, 2.24) is 5.48 Å². The average molecular weight is 373 g/mol. The number of carbonyl (C=O) groups is 2. The maximum atomic E-state index is 12.1. The molecular weight excluding hydrogens is 350 g/mol. The summed E-state index contributed by atoms with van der Waals surface area (Å²) in [6.07, 6.45) is -0.845. The molecule has 1 unspecified atom stereocenters. The van der Waals surface area contributed by atoms with Gasteiger partial charge in [0.1, 0.15) is 0 Å². The van der Waals surface area contributed by atoms with Gasteiger partial charge in [0.05, 0.1) is 18.6 Å². The van der Waals surface area contributed by atoms with Gasteiger partial charge < -0.3 is 21.7 Å². The monoisotopic (exact) mass is 373 g/mol. The third kappa shape index (κ3) is 6.41. The van der Waals surface area contributed by atoms with Gasteiger partial charge in [0.2, 0.25) is 5.91 Å². The number of primary amides is 1. The standard InChI is InChI=1S/C19H23N3O5/c1-19(2,21)16(18(26)22-27)15-10-12(8-9-14(15)17(20)25)6-4-3-5-7-13(24)11-23/h8-10,13,16,23-24,27H,7,11,21H2,1-2H3,(H2,20,25)(H,22,26)/t13?,16-/m1/s1. The van der Waals surface area contributed by atoms with Gasteiger partial charge in [-0.05, 0) is 49.5 Å². The fourth-order valence-electron chi connectivity index (χ4n) is 2.43. The van der Waals surface area contributed by atoms with E-state index in [-0.39, 0.29) is 24.2 Å². The minimum absolute atomic E-state index is 0.0805. The van der Waals surface area contributed by atoms with Gasteiger partial charge in [-0.25, -0.2) is 5.48 Å². The first kappa shape index (κ1) is 22.2. The van der Waals surface area contributed by atoms with Crippen molar-refractivity contribution >= 4 is 11.8 Å². The van der Waals surface area contributed by atoms with Crippen LogP contribution in [0.3, 0.4) is 0 Å². The maximum Gasteiger partial charge on any atom is 0.252 e. The molecule has 8 N–H and O–H groups in total. The predicted molar refractivity (Wildman–Crippen MR) is 98.3 cm³/mol. The van der Waals surface area contributed by atoms with Crippen LogP contribution in [0.4, 0.5) is 0 Å². The van der Waals surface area contributed by atoms with E-state index in [1.807, 2.05) is 0 Å². The Kier molecular flexibility index (Phi) is 7.98. The topological polar surface area (TPSA) is 159 Å². The molecule has 1 aromatic rings. The van der Waals surface area contributed by atoms with Crippen LogP contribution in [0.2, 0.25) is 0 Å². The molecule has 0 aliphatic heterocycles. The molecule has 144 valence electrons. The largest absolute Gasteiger partial charge is 0.394 e. The second kappa shape index (κ2) is 9.72. The zero-order chi connectivity index (χ0) is 20.6. The first-order valence-electron chi connectivity index (χ1n) is 8.06. The summed E-state index contributed by atoms with van der Waals surface area (Å²) in [7, 11) is 0. The summed E-state index contributed by atoms with van der Waals surface area (Å²) in [4.78, 5) is 23.9. The molecule has 0 aromatic heterocycles. The molecule has 1 rings (SSSR count). The van der Waals surface area contributed by atoms with Crippen molar-refractivity contribution in [1.29, 1.82) is 0 Å². The number of nitrogens with two attached hydrogens (primary N) is 2. The van der Waals surface area contributed by atoms with Crippen LogP contribution in [0.15, 0.2) is 18.2 Å². The van der Waals surface area contributed by atoms with Gasteiger partial charge in [0, 0.05) is 23.1 Å². The molecule has 0 fully saturated rings. The lowest BCUT2D eigenvalue weighted by molar-refractivity contribution is -0.132. The van der Waals surface area contributed by atoms with Crippen molar-refractivity contribution < 1.29 is 25.0 Å². The Morgan fingerprint density at radius 1 is 1.30 bits per heavy atom. The van der Waals surface area contributed by atoms with Gasteiger partial charge in [-0.3, -0.25) is 14.8 Å². The van der Waals surface area contributed by atoms with Gasteiger partial charge in [-0.15, -0.1) is 0 Å². The summed E-state index contributed by atoms with van der Waals surface area (Å²) in [5.41, 5.74) is 12.7. The Hall–Kier alpha value is -2.88. The molecule has 0 saturated heterocycles. The van der Waals surface area contributed by atoms with E-state index in [0.717, 1.165) is 0 Å². The summed E-state index contributed by atoms with van der Waals surface area (Å²) in [6, 6.07) is 4.46. The average Bonchev–Trinajstić information content (AvgIpc) is 2.59. The third-order valence-electron chi connectivity index (χ3n) is 3.65. The summed E-state index contributed by atoms with van der Waals surface area (Å²) in [5, 5.41) is 26.9. The molecule has 0 radical (unpaired) electrons. The van der Waals surface area contributed by atoms with Crippen LogP contribution < -0.4 is 16.9 Å². The van der Waals surface area contributed by atoms with E-state index in [0.29, 0.717) is 5.56 Å². The normalized spacial score (nSPS) is 12.7. The molecule has 0 spiro atoms. The van der Waals surface area contributed by atoms with E-state index in [1.54, 1.807) is 19.3 Å². The van der Waals surface area contributed by atoms with Crippen LogP contribution in [0.5, 0.6) is 0 Å². The van der Waals surface area contributed by atoms with E-state index in [9.17, 15) is 14.7 Å². The first-order valence-corrected chi connectivity index (χ1v) is 8.06. The quantitative estimate of drug-likeness (QED) is 0.218. The first-order chi connectivity index (χ1) is 12.6. The highest BCUT2D eigenvalue weighted by Crippen LogP contribution is 2.30. The third-order valence-corrected chi connectivity index (χ3v) is 3.65. The van der Waals surface area contributed by atoms with Crippen LogP contribution in [0.25, 0.3) is 0 Å². The Balaban J connectivity index is 3.33. The molecule has 0 bridgehead atoms. The Morgan fingerprint density at radius 2 is 1.96 bits per heavy atom. The fourth-order valence-corrected chi connectivity index (χ4v) is 2.43. The number of amides is 2. The van der Waals surface area contributed by atoms with E-state index in [4.69, 9.17) is 21.8 Å². The van der Waals surface area contributed by atoms with E-state index in [1.165, 1.54) is 18.2 Å².